The van der Waals surface area contributed by atoms with Crippen LogP contribution in [0.2, 0.25) is 0 Å². The molecule has 1 aromatic carbocycles. The molecule has 2 N–H and O–H groups in total. The molecule has 0 unspecified atom stereocenters. The fraction of sp³-hybridized carbons (Fsp3) is 0.500. The van der Waals surface area contributed by atoms with Gasteiger partial charge in [0.25, 0.3) is 0 Å². The fourth-order valence-corrected chi connectivity index (χ4v) is 1.48. The SMILES string of the molecule is CNCCNCc1ccc(C)cc1C. The van der Waals surface area contributed by atoms with Crippen LogP contribution < -0.4 is 10.6 Å². The van der Waals surface area contributed by atoms with Gasteiger partial charge in [-0.3, -0.25) is 0 Å². The first-order chi connectivity index (χ1) is 6.74. The Morgan fingerprint density at radius 1 is 1.14 bits per heavy atom. The lowest BCUT2D eigenvalue weighted by atomic mass is 10.1. The molecule has 0 spiro atoms. The molecule has 1 rings (SSSR count). The van der Waals surface area contributed by atoms with Gasteiger partial charge in [-0.1, -0.05) is 23.8 Å². The van der Waals surface area contributed by atoms with Gasteiger partial charge in [0, 0.05) is 19.6 Å². The lowest BCUT2D eigenvalue weighted by molar-refractivity contribution is 0.649. The zero-order chi connectivity index (χ0) is 10.4. The minimum absolute atomic E-state index is 0.966. The topological polar surface area (TPSA) is 24.1 Å². The smallest absolute Gasteiger partial charge is 0.0208 e. The summed E-state index contributed by atoms with van der Waals surface area (Å²) in [5, 5.41) is 6.52. The van der Waals surface area contributed by atoms with E-state index in [-0.39, 0.29) is 0 Å². The Morgan fingerprint density at radius 3 is 2.57 bits per heavy atom. The Bertz CT molecular complexity index is 282. The van der Waals surface area contributed by atoms with Crippen LogP contribution in [0.15, 0.2) is 18.2 Å². The van der Waals surface area contributed by atoms with Crippen LogP contribution in [0.4, 0.5) is 0 Å². The second-order valence-corrected chi connectivity index (χ2v) is 3.71. The summed E-state index contributed by atoms with van der Waals surface area (Å²) in [7, 11) is 1.97. The van der Waals surface area contributed by atoms with Crippen LogP contribution in [0.3, 0.4) is 0 Å². The maximum atomic E-state index is 3.40. The Morgan fingerprint density at radius 2 is 1.93 bits per heavy atom. The molecule has 0 bridgehead atoms. The molecule has 0 saturated carbocycles. The maximum absolute atomic E-state index is 3.40. The normalized spacial score (nSPS) is 10.5. The second-order valence-electron chi connectivity index (χ2n) is 3.71. The molecule has 0 amide bonds. The summed E-state index contributed by atoms with van der Waals surface area (Å²) in [6.45, 7) is 7.30. The van der Waals surface area contributed by atoms with Gasteiger partial charge >= 0.3 is 0 Å². The summed E-state index contributed by atoms with van der Waals surface area (Å²) in [5.74, 6) is 0. The lowest BCUT2D eigenvalue weighted by Crippen LogP contribution is -2.24. The zero-order valence-corrected chi connectivity index (χ0v) is 9.35. The largest absolute Gasteiger partial charge is 0.318 e. The molecule has 14 heavy (non-hydrogen) atoms. The van der Waals surface area contributed by atoms with E-state index in [1.165, 1.54) is 16.7 Å². The van der Waals surface area contributed by atoms with E-state index >= 15 is 0 Å². The van der Waals surface area contributed by atoms with E-state index in [4.69, 9.17) is 0 Å². The van der Waals surface area contributed by atoms with Crippen molar-refractivity contribution in [3.8, 4) is 0 Å². The highest BCUT2D eigenvalue weighted by Crippen LogP contribution is 2.09. The molecule has 1 aromatic rings. The van der Waals surface area contributed by atoms with Crippen LogP contribution in [-0.2, 0) is 6.54 Å². The van der Waals surface area contributed by atoms with Crippen LogP contribution in [0.5, 0.6) is 0 Å². The van der Waals surface area contributed by atoms with Gasteiger partial charge in [0.1, 0.15) is 0 Å². The minimum atomic E-state index is 0.966. The van der Waals surface area contributed by atoms with Crippen LogP contribution >= 0.6 is 0 Å². The number of benzene rings is 1. The predicted molar refractivity (Wildman–Crippen MR) is 61.5 cm³/mol. The Hall–Kier alpha value is -0.860. The van der Waals surface area contributed by atoms with E-state index in [1.807, 2.05) is 7.05 Å². The van der Waals surface area contributed by atoms with Crippen molar-refractivity contribution in [3.05, 3.63) is 34.9 Å². The first-order valence-corrected chi connectivity index (χ1v) is 5.15. The molecule has 0 aliphatic heterocycles. The lowest BCUT2D eigenvalue weighted by Gasteiger charge is -2.08. The quantitative estimate of drug-likeness (QED) is 0.693. The first kappa shape index (κ1) is 11.2. The van der Waals surface area contributed by atoms with Crippen molar-refractivity contribution in [2.45, 2.75) is 20.4 Å². The van der Waals surface area contributed by atoms with Crippen molar-refractivity contribution in [2.24, 2.45) is 0 Å². The van der Waals surface area contributed by atoms with Crippen LogP contribution in [0.1, 0.15) is 16.7 Å². The van der Waals surface area contributed by atoms with Gasteiger partial charge < -0.3 is 10.6 Å². The third-order valence-electron chi connectivity index (χ3n) is 2.37. The Labute approximate surface area is 86.7 Å². The van der Waals surface area contributed by atoms with Gasteiger partial charge in [-0.2, -0.15) is 0 Å². The van der Waals surface area contributed by atoms with E-state index in [2.05, 4.69) is 42.7 Å². The maximum Gasteiger partial charge on any atom is 0.0208 e. The summed E-state index contributed by atoms with van der Waals surface area (Å²) in [6.07, 6.45) is 0. The van der Waals surface area contributed by atoms with Gasteiger partial charge in [0.05, 0.1) is 0 Å². The number of aryl methyl sites for hydroxylation is 2. The fourth-order valence-electron chi connectivity index (χ4n) is 1.48. The third kappa shape index (κ3) is 3.48. The van der Waals surface area contributed by atoms with E-state index in [0.29, 0.717) is 0 Å². The van der Waals surface area contributed by atoms with E-state index in [1.54, 1.807) is 0 Å². The van der Waals surface area contributed by atoms with Crippen molar-refractivity contribution in [2.75, 3.05) is 20.1 Å². The minimum Gasteiger partial charge on any atom is -0.318 e. The van der Waals surface area contributed by atoms with Crippen LogP contribution in [0.25, 0.3) is 0 Å². The van der Waals surface area contributed by atoms with Gasteiger partial charge in [-0.05, 0) is 32.0 Å². The number of likely N-dealkylation sites (N-methyl/N-ethyl adjacent to an activating group) is 1. The highest BCUT2D eigenvalue weighted by molar-refractivity contribution is 5.30. The molecule has 0 aliphatic rings. The highest BCUT2D eigenvalue weighted by Gasteiger charge is 1.97. The Balaban J connectivity index is 2.42. The Kier molecular flexibility index (Phi) is 4.63. The molecule has 0 aromatic heterocycles. The standard InChI is InChI=1S/C12H20N2/c1-10-4-5-12(11(2)8-10)9-14-7-6-13-3/h4-5,8,13-14H,6-7,9H2,1-3H3. The van der Waals surface area contributed by atoms with Gasteiger partial charge in [0.2, 0.25) is 0 Å². The number of nitrogens with one attached hydrogen (secondary N) is 2. The summed E-state index contributed by atoms with van der Waals surface area (Å²) in [4.78, 5) is 0. The summed E-state index contributed by atoms with van der Waals surface area (Å²) in [5.41, 5.74) is 4.11. The molecular formula is C12H20N2. The zero-order valence-electron chi connectivity index (χ0n) is 9.35. The van der Waals surface area contributed by atoms with E-state index in [0.717, 1.165) is 19.6 Å². The molecule has 2 heteroatoms. The van der Waals surface area contributed by atoms with Gasteiger partial charge in [-0.25, -0.2) is 0 Å². The summed E-state index contributed by atoms with van der Waals surface area (Å²) >= 11 is 0. The van der Waals surface area contributed by atoms with Crippen molar-refractivity contribution < 1.29 is 0 Å². The van der Waals surface area contributed by atoms with Crippen LogP contribution in [0, 0.1) is 13.8 Å². The molecular weight excluding hydrogens is 172 g/mol. The number of hydrogen-bond acceptors (Lipinski definition) is 2. The third-order valence-corrected chi connectivity index (χ3v) is 2.37. The van der Waals surface area contributed by atoms with Crippen molar-refractivity contribution in [3.63, 3.8) is 0 Å². The average Bonchev–Trinajstić information content (AvgIpc) is 2.15. The van der Waals surface area contributed by atoms with E-state index in [9.17, 15) is 0 Å². The molecule has 0 radical (unpaired) electrons. The summed E-state index contributed by atoms with van der Waals surface area (Å²) in [6, 6.07) is 6.61. The highest BCUT2D eigenvalue weighted by atomic mass is 14.9. The van der Waals surface area contributed by atoms with Crippen molar-refractivity contribution in [1.29, 1.82) is 0 Å². The molecule has 0 aliphatic carbocycles. The number of hydrogen-bond donors (Lipinski definition) is 2. The predicted octanol–water partition coefficient (Wildman–Crippen LogP) is 1.61. The monoisotopic (exact) mass is 192 g/mol. The molecule has 0 atom stereocenters. The number of rotatable bonds is 5. The van der Waals surface area contributed by atoms with Gasteiger partial charge in [-0.15, -0.1) is 0 Å². The van der Waals surface area contributed by atoms with Crippen molar-refractivity contribution in [1.82, 2.24) is 10.6 Å². The first-order valence-electron chi connectivity index (χ1n) is 5.15. The van der Waals surface area contributed by atoms with E-state index < -0.39 is 0 Å². The molecule has 0 fully saturated rings. The van der Waals surface area contributed by atoms with Crippen LogP contribution in [-0.4, -0.2) is 20.1 Å². The second kappa shape index (κ2) is 5.78. The van der Waals surface area contributed by atoms with Gasteiger partial charge in [0.15, 0.2) is 0 Å². The van der Waals surface area contributed by atoms with Crippen molar-refractivity contribution >= 4 is 0 Å². The molecule has 2 nitrogen and oxygen atoms in total. The average molecular weight is 192 g/mol. The molecule has 78 valence electrons. The molecule has 0 saturated heterocycles. The summed E-state index contributed by atoms with van der Waals surface area (Å²) < 4.78 is 0. The molecule has 0 heterocycles.